The van der Waals surface area contributed by atoms with Gasteiger partial charge >= 0.3 is 0 Å². The van der Waals surface area contributed by atoms with Crippen molar-refractivity contribution in [1.29, 1.82) is 0 Å². The van der Waals surface area contributed by atoms with Gasteiger partial charge in [-0.05, 0) is 64.5 Å². The first-order chi connectivity index (χ1) is 12.2. The summed E-state index contributed by atoms with van der Waals surface area (Å²) in [4.78, 5) is 13.5. The maximum atomic E-state index is 11.3. The van der Waals surface area contributed by atoms with Crippen molar-refractivity contribution < 1.29 is 4.79 Å². The molecule has 0 aromatic heterocycles. The highest BCUT2D eigenvalue weighted by atomic mass is 16.1. The molecule has 2 heteroatoms. The summed E-state index contributed by atoms with van der Waals surface area (Å²) in [5.41, 5.74) is 8.87. The van der Waals surface area contributed by atoms with Crippen molar-refractivity contribution in [3.8, 4) is 11.1 Å². The van der Waals surface area contributed by atoms with Gasteiger partial charge in [0.05, 0.1) is 0 Å². The van der Waals surface area contributed by atoms with Gasteiger partial charge in [0.25, 0.3) is 0 Å². The Labute approximate surface area is 158 Å². The number of carbonyl (C=O) groups excluding carboxylic acids is 1. The number of fused-ring (bicyclic) bond motifs is 1. The van der Waals surface area contributed by atoms with E-state index >= 15 is 0 Å². The minimum Gasteiger partial charge on any atom is -0.377 e. The second-order valence-corrected chi connectivity index (χ2v) is 8.85. The van der Waals surface area contributed by atoms with E-state index in [-0.39, 0.29) is 5.41 Å². The lowest BCUT2D eigenvalue weighted by molar-refractivity contribution is 0.112. The maximum Gasteiger partial charge on any atom is 0.150 e. The fraction of sp³-hybridized carbons (Fsp3) is 0.458. The Bertz CT molecular complexity index is 848. The van der Waals surface area contributed by atoms with Gasteiger partial charge in [-0.15, -0.1) is 0 Å². The van der Waals surface area contributed by atoms with Crippen LogP contribution in [0, 0.1) is 12.8 Å². The van der Waals surface area contributed by atoms with Gasteiger partial charge in [0.15, 0.2) is 0 Å². The summed E-state index contributed by atoms with van der Waals surface area (Å²) in [5.74, 6) is 1.19. The molecule has 3 rings (SSSR count). The lowest BCUT2D eigenvalue weighted by Crippen LogP contribution is -2.33. The van der Waals surface area contributed by atoms with E-state index in [9.17, 15) is 4.79 Å². The summed E-state index contributed by atoms with van der Waals surface area (Å²) in [7, 11) is 4.29. The first-order valence-electron chi connectivity index (χ1n) is 9.58. The molecule has 0 heterocycles. The van der Waals surface area contributed by atoms with Crippen LogP contribution in [0.25, 0.3) is 11.1 Å². The molecule has 0 saturated carbocycles. The average Bonchev–Trinajstić information content (AvgIpc) is 2.58. The number of nitrogens with zero attached hydrogens (tertiary/aromatic N) is 1. The van der Waals surface area contributed by atoms with Gasteiger partial charge in [-0.1, -0.05) is 52.0 Å². The first-order valence-corrected chi connectivity index (χ1v) is 9.58. The molecule has 0 N–H and O–H groups in total. The van der Waals surface area contributed by atoms with Crippen LogP contribution in [-0.2, 0) is 5.41 Å². The molecule has 1 aliphatic rings. The quantitative estimate of drug-likeness (QED) is 0.637. The van der Waals surface area contributed by atoms with Crippen molar-refractivity contribution in [3.63, 3.8) is 0 Å². The van der Waals surface area contributed by atoms with E-state index in [0.717, 1.165) is 17.4 Å². The number of hydrogen-bond donors (Lipinski definition) is 0. The van der Waals surface area contributed by atoms with Crippen LogP contribution in [0.4, 0.5) is 5.69 Å². The van der Waals surface area contributed by atoms with Crippen LogP contribution in [-0.4, -0.2) is 20.4 Å². The molecule has 2 aromatic carbocycles. The van der Waals surface area contributed by atoms with Crippen LogP contribution in [0.1, 0.15) is 67.1 Å². The number of anilines is 1. The van der Waals surface area contributed by atoms with Gasteiger partial charge in [-0.2, -0.15) is 0 Å². The monoisotopic (exact) mass is 349 g/mol. The van der Waals surface area contributed by atoms with Gasteiger partial charge in [-0.3, -0.25) is 4.79 Å². The summed E-state index contributed by atoms with van der Waals surface area (Å²) < 4.78 is 0. The zero-order chi connectivity index (χ0) is 19.2. The first kappa shape index (κ1) is 18.7. The molecule has 0 spiro atoms. The van der Waals surface area contributed by atoms with E-state index in [0.29, 0.717) is 11.8 Å². The van der Waals surface area contributed by atoms with E-state index in [2.05, 4.69) is 65.7 Å². The molecule has 26 heavy (non-hydrogen) atoms. The van der Waals surface area contributed by atoms with Crippen molar-refractivity contribution in [3.05, 3.63) is 52.6 Å². The Kier molecular flexibility index (Phi) is 4.72. The molecule has 1 aliphatic carbocycles. The topological polar surface area (TPSA) is 20.3 Å². The molecule has 0 aliphatic heterocycles. The largest absolute Gasteiger partial charge is 0.377 e. The van der Waals surface area contributed by atoms with Crippen LogP contribution in [0.3, 0.4) is 0 Å². The summed E-state index contributed by atoms with van der Waals surface area (Å²) in [6, 6.07) is 10.4. The van der Waals surface area contributed by atoms with E-state index < -0.39 is 0 Å². The SMILES string of the molecule is Cc1c(-c2cccc(C=O)c2)cc2c(c1N(C)C)C(C)(C)CC(C)C2C. The van der Waals surface area contributed by atoms with Crippen LogP contribution < -0.4 is 4.90 Å². The zero-order valence-electron chi connectivity index (χ0n) is 17.2. The Hall–Kier alpha value is -2.09. The minimum absolute atomic E-state index is 0.162. The molecule has 0 radical (unpaired) electrons. The van der Waals surface area contributed by atoms with Crippen molar-refractivity contribution >= 4 is 12.0 Å². The normalized spacial score (nSPS) is 21.2. The smallest absolute Gasteiger partial charge is 0.150 e. The summed E-state index contributed by atoms with van der Waals surface area (Å²) >= 11 is 0. The molecule has 2 atom stereocenters. The van der Waals surface area contributed by atoms with Gasteiger partial charge in [0.2, 0.25) is 0 Å². The van der Waals surface area contributed by atoms with Crippen molar-refractivity contribution in [2.45, 2.75) is 52.4 Å². The molecule has 138 valence electrons. The molecule has 2 nitrogen and oxygen atoms in total. The Balaban J connectivity index is 2.36. The minimum atomic E-state index is 0.162. The third-order valence-corrected chi connectivity index (χ3v) is 6.22. The lowest BCUT2D eigenvalue weighted by Gasteiger charge is -2.43. The van der Waals surface area contributed by atoms with Crippen molar-refractivity contribution in [2.75, 3.05) is 19.0 Å². The highest BCUT2D eigenvalue weighted by molar-refractivity contribution is 5.83. The van der Waals surface area contributed by atoms with Gasteiger partial charge in [0.1, 0.15) is 6.29 Å². The second-order valence-electron chi connectivity index (χ2n) is 8.85. The number of rotatable bonds is 3. The number of aldehydes is 1. The predicted molar refractivity (Wildman–Crippen MR) is 112 cm³/mol. The van der Waals surface area contributed by atoms with Crippen LogP contribution in [0.15, 0.2) is 30.3 Å². The summed E-state index contributed by atoms with van der Waals surface area (Å²) in [6.07, 6.45) is 2.14. The standard InChI is InChI=1S/C24H31NO/c1-15-13-24(4,5)22-21(16(15)2)12-20(17(3)23(22)25(6)7)19-10-8-9-18(11-19)14-26/h8-12,14-16H,13H2,1-7H3. The van der Waals surface area contributed by atoms with E-state index in [1.54, 1.807) is 0 Å². The Morgan fingerprint density at radius 3 is 2.46 bits per heavy atom. The fourth-order valence-electron chi connectivity index (χ4n) is 4.89. The molecule has 0 saturated heterocycles. The second kappa shape index (κ2) is 6.57. The Morgan fingerprint density at radius 2 is 1.85 bits per heavy atom. The molecule has 2 aromatic rings. The number of hydrogen-bond acceptors (Lipinski definition) is 2. The molecule has 0 amide bonds. The molecule has 2 unspecified atom stereocenters. The number of carbonyl (C=O) groups is 1. The fourth-order valence-corrected chi connectivity index (χ4v) is 4.89. The number of benzene rings is 2. The molecular weight excluding hydrogens is 318 g/mol. The highest BCUT2D eigenvalue weighted by Crippen LogP contribution is 2.51. The summed E-state index contributed by atoms with van der Waals surface area (Å²) in [5, 5.41) is 0. The van der Waals surface area contributed by atoms with Gasteiger partial charge in [0, 0.05) is 25.3 Å². The van der Waals surface area contributed by atoms with Crippen LogP contribution in [0.2, 0.25) is 0 Å². The Morgan fingerprint density at radius 1 is 1.15 bits per heavy atom. The third-order valence-electron chi connectivity index (χ3n) is 6.22. The average molecular weight is 350 g/mol. The zero-order valence-corrected chi connectivity index (χ0v) is 17.2. The van der Waals surface area contributed by atoms with Crippen LogP contribution in [0.5, 0.6) is 0 Å². The third kappa shape index (κ3) is 2.96. The highest BCUT2D eigenvalue weighted by Gasteiger charge is 2.38. The van der Waals surface area contributed by atoms with Crippen molar-refractivity contribution in [1.82, 2.24) is 0 Å². The van der Waals surface area contributed by atoms with E-state index in [1.165, 1.54) is 34.4 Å². The molecule has 0 bridgehead atoms. The predicted octanol–water partition coefficient (Wildman–Crippen LogP) is 5.96. The lowest BCUT2D eigenvalue weighted by atomic mass is 9.63. The van der Waals surface area contributed by atoms with Gasteiger partial charge < -0.3 is 4.90 Å². The molecular formula is C24H31NO. The van der Waals surface area contributed by atoms with Crippen molar-refractivity contribution in [2.24, 2.45) is 5.92 Å². The molecule has 0 fully saturated rings. The maximum absolute atomic E-state index is 11.3. The van der Waals surface area contributed by atoms with Gasteiger partial charge in [-0.25, -0.2) is 0 Å². The summed E-state index contributed by atoms with van der Waals surface area (Å²) in [6.45, 7) is 11.7. The van der Waals surface area contributed by atoms with E-state index in [4.69, 9.17) is 0 Å². The van der Waals surface area contributed by atoms with Crippen LogP contribution >= 0.6 is 0 Å². The van der Waals surface area contributed by atoms with E-state index in [1.807, 2.05) is 18.2 Å².